The number of likely N-dealkylation sites (tertiary alicyclic amines) is 1. The predicted molar refractivity (Wildman–Crippen MR) is 96.0 cm³/mol. The molecule has 5 nitrogen and oxygen atoms in total. The summed E-state index contributed by atoms with van der Waals surface area (Å²) in [6.07, 6.45) is 0.388. The Morgan fingerprint density at radius 1 is 1.07 bits per heavy atom. The van der Waals surface area contributed by atoms with Crippen molar-refractivity contribution in [2.24, 2.45) is 5.73 Å². The molecule has 0 aromatic heterocycles. The molecule has 1 aliphatic heterocycles. The van der Waals surface area contributed by atoms with Crippen LogP contribution in [0.3, 0.4) is 0 Å². The summed E-state index contributed by atoms with van der Waals surface area (Å²) in [5, 5.41) is 2.70. The van der Waals surface area contributed by atoms with E-state index in [1.165, 1.54) is 0 Å². The maximum absolute atomic E-state index is 12.8. The van der Waals surface area contributed by atoms with Crippen molar-refractivity contribution >= 4 is 11.8 Å². The van der Waals surface area contributed by atoms with Gasteiger partial charge in [0, 0.05) is 18.7 Å². The van der Waals surface area contributed by atoms with Crippen LogP contribution in [0.5, 0.6) is 0 Å². The Morgan fingerprint density at radius 2 is 1.70 bits per heavy atom. The predicted octanol–water partition coefficient (Wildman–Crippen LogP) is 2.95. The van der Waals surface area contributed by atoms with E-state index in [4.69, 9.17) is 5.73 Å². The minimum Gasteiger partial charge on any atom is -0.341 e. The van der Waals surface area contributed by atoms with Crippen LogP contribution >= 0.6 is 0 Å². The summed E-state index contributed by atoms with van der Waals surface area (Å²) in [5.41, 5.74) is 4.78. The number of unbranched alkanes of at least 4 members (excludes halogenated alkanes) is 1. The number of piperidine rings is 1. The summed E-state index contributed by atoms with van der Waals surface area (Å²) >= 11 is 0. The van der Waals surface area contributed by atoms with Gasteiger partial charge in [0.1, 0.15) is 6.04 Å². The average Bonchev–Trinajstić information content (AvgIpc) is 2.67. The van der Waals surface area contributed by atoms with Crippen LogP contribution in [0, 0.1) is 0 Å². The fourth-order valence-corrected chi connectivity index (χ4v) is 3.14. The molecule has 27 heavy (non-hydrogen) atoms. The molecular weight excluding hydrogens is 359 g/mol. The first-order valence-electron chi connectivity index (χ1n) is 9.30. The van der Waals surface area contributed by atoms with E-state index >= 15 is 0 Å². The molecule has 150 valence electrons. The second-order valence-electron chi connectivity index (χ2n) is 6.77. The molecule has 1 aromatic rings. The van der Waals surface area contributed by atoms with E-state index in [9.17, 15) is 22.8 Å². The summed E-state index contributed by atoms with van der Waals surface area (Å²) < 4.78 is 38.0. The molecule has 2 rings (SSSR count). The van der Waals surface area contributed by atoms with Crippen LogP contribution in [0.15, 0.2) is 24.3 Å². The number of alkyl halides is 3. The number of halogens is 3. The van der Waals surface area contributed by atoms with Crippen molar-refractivity contribution in [3.8, 4) is 0 Å². The Balaban J connectivity index is 2.06. The fraction of sp³-hybridized carbons (Fsp3) is 0.579. The van der Waals surface area contributed by atoms with E-state index in [-0.39, 0.29) is 11.5 Å². The third-order valence-electron chi connectivity index (χ3n) is 4.69. The number of hydrogen-bond acceptors (Lipinski definition) is 3. The molecule has 0 unspecified atom stereocenters. The van der Waals surface area contributed by atoms with Crippen LogP contribution in [0.25, 0.3) is 0 Å². The van der Waals surface area contributed by atoms with E-state index in [0.717, 1.165) is 49.9 Å². The summed E-state index contributed by atoms with van der Waals surface area (Å²) in [4.78, 5) is 27.0. The molecular formula is C19H26F3N3O2. The zero-order valence-corrected chi connectivity index (χ0v) is 15.2. The Morgan fingerprint density at radius 3 is 2.26 bits per heavy atom. The highest BCUT2D eigenvalue weighted by Crippen LogP contribution is 2.29. The van der Waals surface area contributed by atoms with Gasteiger partial charge in [-0.3, -0.25) is 9.59 Å². The number of rotatable bonds is 7. The largest absolute Gasteiger partial charge is 0.416 e. The lowest BCUT2D eigenvalue weighted by atomic mass is 10.0. The number of nitrogens with one attached hydrogen (secondary N) is 1. The number of carbonyl (C=O) groups excluding carboxylic acids is 2. The monoisotopic (exact) mass is 385 g/mol. The molecule has 1 aromatic carbocycles. The maximum Gasteiger partial charge on any atom is 0.416 e. The van der Waals surface area contributed by atoms with Crippen LogP contribution < -0.4 is 11.1 Å². The summed E-state index contributed by atoms with van der Waals surface area (Å²) in [5.74, 6) is -0.682. The average molecular weight is 385 g/mol. The summed E-state index contributed by atoms with van der Waals surface area (Å²) in [6.45, 7) is 1.84. The Bertz CT molecular complexity index is 626. The SMILES string of the molecule is NCCCC[C@H](NC(=O)c1ccc(C(F)(F)F)cc1)C(=O)N1CCCCC1. The molecule has 1 atom stereocenters. The van der Waals surface area contributed by atoms with Crippen molar-refractivity contribution in [1.29, 1.82) is 0 Å². The highest BCUT2D eigenvalue weighted by Gasteiger charge is 2.31. The van der Waals surface area contributed by atoms with Crippen LogP contribution in [-0.4, -0.2) is 42.4 Å². The first-order chi connectivity index (χ1) is 12.8. The van der Waals surface area contributed by atoms with Crippen LogP contribution in [0.1, 0.15) is 54.4 Å². The number of nitrogens with two attached hydrogens (primary N) is 1. The smallest absolute Gasteiger partial charge is 0.341 e. The van der Waals surface area contributed by atoms with Gasteiger partial charge in [-0.05, 0) is 69.3 Å². The van der Waals surface area contributed by atoms with Crippen molar-refractivity contribution in [3.63, 3.8) is 0 Å². The second-order valence-corrected chi connectivity index (χ2v) is 6.77. The first-order valence-corrected chi connectivity index (χ1v) is 9.30. The molecule has 0 spiro atoms. The molecule has 1 aliphatic rings. The van der Waals surface area contributed by atoms with Crippen molar-refractivity contribution < 1.29 is 22.8 Å². The zero-order valence-electron chi connectivity index (χ0n) is 15.2. The molecule has 0 radical (unpaired) electrons. The van der Waals surface area contributed by atoms with Crippen LogP contribution in [-0.2, 0) is 11.0 Å². The first kappa shape index (κ1) is 21.2. The van der Waals surface area contributed by atoms with Gasteiger partial charge in [0.25, 0.3) is 5.91 Å². The van der Waals surface area contributed by atoms with Gasteiger partial charge in [0.15, 0.2) is 0 Å². The minimum atomic E-state index is -4.45. The van der Waals surface area contributed by atoms with E-state index in [1.54, 1.807) is 4.90 Å². The van der Waals surface area contributed by atoms with Gasteiger partial charge in [-0.25, -0.2) is 0 Å². The molecule has 2 amide bonds. The van der Waals surface area contributed by atoms with Crippen molar-refractivity contribution in [1.82, 2.24) is 10.2 Å². The number of amides is 2. The molecule has 8 heteroatoms. The Hall–Kier alpha value is -2.09. The van der Waals surface area contributed by atoms with Crippen molar-refractivity contribution in [2.45, 2.75) is 50.7 Å². The Kier molecular flexibility index (Phi) is 7.65. The maximum atomic E-state index is 12.8. The molecule has 3 N–H and O–H groups in total. The van der Waals surface area contributed by atoms with Gasteiger partial charge in [0.05, 0.1) is 5.56 Å². The van der Waals surface area contributed by atoms with Crippen molar-refractivity contribution in [3.05, 3.63) is 35.4 Å². The summed E-state index contributed by atoms with van der Waals surface area (Å²) in [7, 11) is 0. The van der Waals surface area contributed by atoms with E-state index in [0.29, 0.717) is 32.5 Å². The zero-order chi connectivity index (χ0) is 19.9. The van der Waals surface area contributed by atoms with Gasteiger partial charge >= 0.3 is 6.18 Å². The lowest BCUT2D eigenvalue weighted by Crippen LogP contribution is -2.50. The Labute approximate surface area is 157 Å². The highest BCUT2D eigenvalue weighted by molar-refractivity contribution is 5.97. The quantitative estimate of drug-likeness (QED) is 0.709. The number of nitrogens with zero attached hydrogens (tertiary/aromatic N) is 1. The van der Waals surface area contributed by atoms with Gasteiger partial charge in [0.2, 0.25) is 5.91 Å². The third kappa shape index (κ3) is 6.23. The third-order valence-corrected chi connectivity index (χ3v) is 4.69. The lowest BCUT2D eigenvalue weighted by molar-refractivity contribution is -0.137. The van der Waals surface area contributed by atoms with Crippen LogP contribution in [0.4, 0.5) is 13.2 Å². The fourth-order valence-electron chi connectivity index (χ4n) is 3.14. The second kappa shape index (κ2) is 9.73. The molecule has 0 bridgehead atoms. The highest BCUT2D eigenvalue weighted by atomic mass is 19.4. The molecule has 0 saturated carbocycles. The van der Waals surface area contributed by atoms with Gasteiger partial charge in [-0.15, -0.1) is 0 Å². The van der Waals surface area contributed by atoms with E-state index in [2.05, 4.69) is 5.32 Å². The van der Waals surface area contributed by atoms with E-state index < -0.39 is 23.7 Å². The molecule has 1 fully saturated rings. The standard InChI is InChI=1S/C19H26F3N3O2/c20-19(21,22)15-9-7-14(8-10-15)17(26)24-16(6-2-3-11-23)18(27)25-12-4-1-5-13-25/h7-10,16H,1-6,11-13,23H2,(H,24,26)/t16-/m0/s1. The molecule has 0 aliphatic carbocycles. The molecule has 1 heterocycles. The number of benzene rings is 1. The number of carbonyl (C=O) groups is 2. The van der Waals surface area contributed by atoms with Crippen molar-refractivity contribution in [2.75, 3.05) is 19.6 Å². The van der Waals surface area contributed by atoms with Gasteiger partial charge < -0.3 is 16.0 Å². The lowest BCUT2D eigenvalue weighted by Gasteiger charge is -2.31. The number of hydrogen-bond donors (Lipinski definition) is 2. The topological polar surface area (TPSA) is 75.4 Å². The normalized spacial score (nSPS) is 16.1. The van der Waals surface area contributed by atoms with Gasteiger partial charge in [-0.2, -0.15) is 13.2 Å². The van der Waals surface area contributed by atoms with E-state index in [1.807, 2.05) is 0 Å². The summed E-state index contributed by atoms with van der Waals surface area (Å²) in [6, 6.07) is 3.29. The van der Waals surface area contributed by atoms with Crippen LogP contribution in [0.2, 0.25) is 0 Å². The van der Waals surface area contributed by atoms with Gasteiger partial charge in [-0.1, -0.05) is 0 Å². The minimum absolute atomic E-state index is 0.0956. The molecule has 1 saturated heterocycles.